The van der Waals surface area contributed by atoms with Gasteiger partial charge in [0.15, 0.2) is 0 Å². The highest BCUT2D eigenvalue weighted by Crippen LogP contribution is 2.44. The Morgan fingerprint density at radius 2 is 2.07 bits per heavy atom. The molecule has 0 saturated heterocycles. The van der Waals surface area contributed by atoms with Gasteiger partial charge in [-0.3, -0.25) is 4.79 Å². The minimum atomic E-state index is 0.388. The normalized spacial score (nSPS) is 36.7. The van der Waals surface area contributed by atoms with Crippen molar-refractivity contribution in [2.75, 3.05) is 0 Å². The minimum Gasteiger partial charge on any atom is -0.299 e. The van der Waals surface area contributed by atoms with Gasteiger partial charge in [0.25, 0.3) is 0 Å². The van der Waals surface area contributed by atoms with Crippen LogP contribution in [0.1, 0.15) is 46.0 Å². The van der Waals surface area contributed by atoms with E-state index in [1.54, 1.807) is 0 Å². The summed E-state index contributed by atoms with van der Waals surface area (Å²) in [6.45, 7) is 4.28. The van der Waals surface area contributed by atoms with Crippen LogP contribution in [0.2, 0.25) is 0 Å². The van der Waals surface area contributed by atoms with E-state index in [1.165, 1.54) is 24.8 Å². The van der Waals surface area contributed by atoms with Crippen molar-refractivity contribution in [3.63, 3.8) is 0 Å². The Balaban J connectivity index is 2.16. The molecule has 2 aliphatic carbocycles. The lowest BCUT2D eigenvalue weighted by Gasteiger charge is -2.31. The van der Waals surface area contributed by atoms with Crippen LogP contribution in [0.25, 0.3) is 0 Å². The fraction of sp³-hybridized carbons (Fsp3) is 0.769. The summed E-state index contributed by atoms with van der Waals surface area (Å²) in [6.07, 6.45) is 8.20. The van der Waals surface area contributed by atoms with Gasteiger partial charge in [0, 0.05) is 12.3 Å². The Bertz CT molecular complexity index is 260. The van der Waals surface area contributed by atoms with Crippen molar-refractivity contribution in [2.24, 2.45) is 17.8 Å². The second kappa shape index (κ2) is 3.88. The number of carbonyl (C=O) groups excluding carboxylic acids is 1. The number of hydrogen-bond donors (Lipinski definition) is 0. The van der Waals surface area contributed by atoms with Gasteiger partial charge in [-0.25, -0.2) is 0 Å². The topological polar surface area (TPSA) is 17.1 Å². The second-order valence-corrected chi connectivity index (χ2v) is 5.13. The Morgan fingerprint density at radius 3 is 2.79 bits per heavy atom. The summed E-state index contributed by atoms with van der Waals surface area (Å²) in [6, 6.07) is 0. The van der Waals surface area contributed by atoms with Gasteiger partial charge in [0.1, 0.15) is 5.78 Å². The highest BCUT2D eigenvalue weighted by atomic mass is 16.1. The molecule has 2 saturated carbocycles. The lowest BCUT2D eigenvalue weighted by atomic mass is 9.73. The number of Topliss-reactive ketones (excluding diaryl/α,β-unsaturated/α-hetero) is 1. The van der Waals surface area contributed by atoms with Crippen LogP contribution in [0.3, 0.4) is 0 Å². The van der Waals surface area contributed by atoms with E-state index in [9.17, 15) is 4.79 Å². The summed E-state index contributed by atoms with van der Waals surface area (Å²) in [4.78, 5) is 11.8. The molecule has 14 heavy (non-hydrogen) atoms. The molecular formula is C13H20O. The lowest BCUT2D eigenvalue weighted by molar-refractivity contribution is -0.122. The molecule has 3 unspecified atom stereocenters. The third kappa shape index (κ3) is 1.77. The molecule has 1 heteroatoms. The zero-order chi connectivity index (χ0) is 10.1. The van der Waals surface area contributed by atoms with Crippen LogP contribution in [0.4, 0.5) is 0 Å². The van der Waals surface area contributed by atoms with E-state index in [2.05, 4.69) is 19.9 Å². The molecule has 0 aromatic carbocycles. The highest BCUT2D eigenvalue weighted by Gasteiger charge is 2.41. The minimum absolute atomic E-state index is 0.388. The van der Waals surface area contributed by atoms with Gasteiger partial charge in [-0.2, -0.15) is 0 Å². The molecule has 0 bridgehead atoms. The van der Waals surface area contributed by atoms with E-state index < -0.39 is 0 Å². The monoisotopic (exact) mass is 192 g/mol. The molecule has 0 aromatic rings. The predicted octanol–water partition coefficient (Wildman–Crippen LogP) is 3.35. The second-order valence-electron chi connectivity index (χ2n) is 5.13. The van der Waals surface area contributed by atoms with Gasteiger partial charge in [0.2, 0.25) is 0 Å². The number of ketones is 1. The lowest BCUT2D eigenvalue weighted by Crippen LogP contribution is -2.27. The summed E-state index contributed by atoms with van der Waals surface area (Å²) < 4.78 is 0. The first kappa shape index (κ1) is 9.95. The molecule has 0 N–H and O–H groups in total. The van der Waals surface area contributed by atoms with Crippen LogP contribution < -0.4 is 0 Å². The van der Waals surface area contributed by atoms with Crippen LogP contribution in [0, 0.1) is 17.8 Å². The number of carbonyl (C=O) groups is 1. The number of allylic oxidation sites excluding steroid dienone is 2. The Morgan fingerprint density at radius 1 is 1.29 bits per heavy atom. The van der Waals surface area contributed by atoms with Crippen molar-refractivity contribution in [1.29, 1.82) is 0 Å². The molecule has 2 fully saturated rings. The maximum Gasteiger partial charge on any atom is 0.136 e. The van der Waals surface area contributed by atoms with Crippen molar-refractivity contribution >= 4 is 5.78 Å². The maximum atomic E-state index is 11.8. The van der Waals surface area contributed by atoms with Gasteiger partial charge >= 0.3 is 0 Å². The predicted molar refractivity (Wildman–Crippen MR) is 58.0 cm³/mol. The Labute approximate surface area is 86.6 Å². The summed E-state index contributed by atoms with van der Waals surface area (Å²) >= 11 is 0. The van der Waals surface area contributed by atoms with Gasteiger partial charge in [-0.05, 0) is 44.9 Å². The summed E-state index contributed by atoms with van der Waals surface area (Å²) in [5.41, 5.74) is 1.37. The third-order valence-corrected chi connectivity index (χ3v) is 3.76. The molecule has 0 amide bonds. The average molecular weight is 192 g/mol. The first-order chi connectivity index (χ1) is 6.68. The molecular weight excluding hydrogens is 172 g/mol. The molecule has 0 aliphatic heterocycles. The zero-order valence-electron chi connectivity index (χ0n) is 9.25. The number of fused-ring (bicyclic) bond motifs is 1. The van der Waals surface area contributed by atoms with E-state index in [1.807, 2.05) is 0 Å². The van der Waals surface area contributed by atoms with Crippen molar-refractivity contribution < 1.29 is 4.79 Å². The fourth-order valence-corrected chi connectivity index (χ4v) is 3.26. The van der Waals surface area contributed by atoms with E-state index in [0.29, 0.717) is 17.6 Å². The van der Waals surface area contributed by atoms with Crippen LogP contribution >= 0.6 is 0 Å². The Kier molecular flexibility index (Phi) is 2.76. The molecule has 0 heterocycles. The molecule has 2 rings (SSSR count). The molecule has 3 atom stereocenters. The third-order valence-electron chi connectivity index (χ3n) is 3.76. The molecule has 0 aromatic heterocycles. The summed E-state index contributed by atoms with van der Waals surface area (Å²) in [5.74, 6) is 2.21. The van der Waals surface area contributed by atoms with Crippen LogP contribution in [0.5, 0.6) is 0 Å². The standard InChI is InChI=1S/C13H20O/c1-9(2)8-11-5-3-4-10-6-7-12(14)13(10)11/h8,10-11,13H,3-7H2,1-2H3. The molecule has 0 radical (unpaired) electrons. The van der Waals surface area contributed by atoms with Crippen molar-refractivity contribution in [3.8, 4) is 0 Å². The average Bonchev–Trinajstić information content (AvgIpc) is 2.48. The summed E-state index contributed by atoms with van der Waals surface area (Å²) in [7, 11) is 0. The maximum absolute atomic E-state index is 11.8. The molecule has 2 aliphatic rings. The van der Waals surface area contributed by atoms with E-state index in [-0.39, 0.29) is 0 Å². The largest absolute Gasteiger partial charge is 0.299 e. The van der Waals surface area contributed by atoms with Crippen LogP contribution in [-0.4, -0.2) is 5.78 Å². The summed E-state index contributed by atoms with van der Waals surface area (Å²) in [5, 5.41) is 0. The van der Waals surface area contributed by atoms with Gasteiger partial charge in [0.05, 0.1) is 0 Å². The first-order valence-electron chi connectivity index (χ1n) is 5.86. The molecule has 1 nitrogen and oxygen atoms in total. The number of hydrogen-bond acceptors (Lipinski definition) is 1. The van der Waals surface area contributed by atoms with E-state index in [0.717, 1.165) is 18.8 Å². The van der Waals surface area contributed by atoms with E-state index in [4.69, 9.17) is 0 Å². The SMILES string of the molecule is CC(C)=CC1CCCC2CCC(=O)C12. The highest BCUT2D eigenvalue weighted by molar-refractivity contribution is 5.84. The first-order valence-corrected chi connectivity index (χ1v) is 5.86. The van der Waals surface area contributed by atoms with Crippen LogP contribution in [0.15, 0.2) is 11.6 Å². The number of rotatable bonds is 1. The smallest absolute Gasteiger partial charge is 0.136 e. The Hall–Kier alpha value is -0.590. The van der Waals surface area contributed by atoms with Crippen molar-refractivity contribution in [3.05, 3.63) is 11.6 Å². The quantitative estimate of drug-likeness (QED) is 0.582. The van der Waals surface area contributed by atoms with Gasteiger partial charge < -0.3 is 0 Å². The van der Waals surface area contributed by atoms with Gasteiger partial charge in [-0.15, -0.1) is 0 Å². The van der Waals surface area contributed by atoms with E-state index >= 15 is 0 Å². The molecule has 78 valence electrons. The van der Waals surface area contributed by atoms with Crippen LogP contribution in [-0.2, 0) is 4.79 Å². The zero-order valence-corrected chi connectivity index (χ0v) is 9.25. The van der Waals surface area contributed by atoms with Crippen molar-refractivity contribution in [1.82, 2.24) is 0 Å². The van der Waals surface area contributed by atoms with Gasteiger partial charge in [-0.1, -0.05) is 18.1 Å². The fourth-order valence-electron chi connectivity index (χ4n) is 3.26. The molecule has 0 spiro atoms. The van der Waals surface area contributed by atoms with Crippen molar-refractivity contribution in [2.45, 2.75) is 46.0 Å².